The molecule has 1 aromatic carbocycles. The molecule has 4 nitrogen and oxygen atoms in total. The Morgan fingerprint density at radius 1 is 1.10 bits per heavy atom. The molecule has 0 bridgehead atoms. The van der Waals surface area contributed by atoms with Crippen LogP contribution in [0.3, 0.4) is 0 Å². The number of likely N-dealkylation sites (tertiary alicyclic amines) is 1. The number of benzene rings is 1. The van der Waals surface area contributed by atoms with Gasteiger partial charge in [-0.05, 0) is 57.1 Å². The van der Waals surface area contributed by atoms with Gasteiger partial charge in [0.15, 0.2) is 0 Å². The molecule has 0 spiro atoms. The van der Waals surface area contributed by atoms with Gasteiger partial charge in [0.25, 0.3) is 11.7 Å². The van der Waals surface area contributed by atoms with E-state index in [2.05, 4.69) is 4.90 Å². The predicted molar refractivity (Wildman–Crippen MR) is 73.4 cm³/mol. The van der Waals surface area contributed by atoms with Crippen molar-refractivity contribution in [1.29, 1.82) is 0 Å². The lowest BCUT2D eigenvalue weighted by molar-refractivity contribution is -0.114. The minimum absolute atomic E-state index is 0.191. The molecular weight excluding hydrogens is 259 g/mol. The SMILES string of the molecule is O=C1C(=O)N(CCCN2CCCC2)c2ccc(F)cc21. The summed E-state index contributed by atoms with van der Waals surface area (Å²) in [5, 5.41) is 0. The zero-order chi connectivity index (χ0) is 14.1. The molecule has 2 heterocycles. The van der Waals surface area contributed by atoms with E-state index >= 15 is 0 Å². The van der Waals surface area contributed by atoms with Gasteiger partial charge in [0.05, 0.1) is 11.3 Å². The number of ketones is 1. The van der Waals surface area contributed by atoms with Crippen molar-refractivity contribution < 1.29 is 14.0 Å². The highest BCUT2D eigenvalue weighted by Crippen LogP contribution is 2.29. The fraction of sp³-hybridized carbons (Fsp3) is 0.467. The molecule has 20 heavy (non-hydrogen) atoms. The number of amides is 1. The summed E-state index contributed by atoms with van der Waals surface area (Å²) in [6.07, 6.45) is 3.31. The van der Waals surface area contributed by atoms with Crippen LogP contribution in [-0.4, -0.2) is 42.8 Å². The molecule has 0 aliphatic carbocycles. The maximum Gasteiger partial charge on any atom is 0.299 e. The molecule has 1 aromatic rings. The maximum absolute atomic E-state index is 13.2. The van der Waals surface area contributed by atoms with Crippen LogP contribution >= 0.6 is 0 Å². The minimum atomic E-state index is -0.597. The van der Waals surface area contributed by atoms with Gasteiger partial charge in [0.1, 0.15) is 5.82 Å². The van der Waals surface area contributed by atoms with Crippen molar-refractivity contribution in [2.75, 3.05) is 31.1 Å². The molecule has 106 valence electrons. The van der Waals surface area contributed by atoms with E-state index in [4.69, 9.17) is 0 Å². The fourth-order valence-corrected chi connectivity index (χ4v) is 2.95. The number of rotatable bonds is 4. The lowest BCUT2D eigenvalue weighted by atomic mass is 10.1. The van der Waals surface area contributed by atoms with Gasteiger partial charge in [-0.3, -0.25) is 9.59 Å². The number of anilines is 1. The third-order valence-corrected chi connectivity index (χ3v) is 3.99. The summed E-state index contributed by atoms with van der Waals surface area (Å²) < 4.78 is 13.2. The first kappa shape index (κ1) is 13.2. The third-order valence-electron chi connectivity index (χ3n) is 3.99. The number of hydrogen-bond donors (Lipinski definition) is 0. The highest BCUT2D eigenvalue weighted by Gasteiger charge is 2.35. The van der Waals surface area contributed by atoms with E-state index in [9.17, 15) is 14.0 Å². The highest BCUT2D eigenvalue weighted by molar-refractivity contribution is 6.52. The molecule has 0 N–H and O–H groups in total. The normalized spacial score (nSPS) is 18.9. The molecule has 1 amide bonds. The van der Waals surface area contributed by atoms with Crippen molar-refractivity contribution in [3.05, 3.63) is 29.6 Å². The summed E-state index contributed by atoms with van der Waals surface area (Å²) in [5.74, 6) is -1.61. The molecule has 0 saturated carbocycles. The van der Waals surface area contributed by atoms with E-state index < -0.39 is 17.5 Å². The van der Waals surface area contributed by atoms with Crippen molar-refractivity contribution in [3.8, 4) is 0 Å². The lowest BCUT2D eigenvalue weighted by Gasteiger charge is -2.19. The van der Waals surface area contributed by atoms with E-state index in [1.54, 1.807) is 0 Å². The van der Waals surface area contributed by atoms with Crippen LogP contribution in [0.4, 0.5) is 10.1 Å². The van der Waals surface area contributed by atoms with Crippen molar-refractivity contribution in [2.24, 2.45) is 0 Å². The first-order valence-corrected chi connectivity index (χ1v) is 7.05. The van der Waals surface area contributed by atoms with Gasteiger partial charge in [-0.2, -0.15) is 0 Å². The first-order valence-electron chi connectivity index (χ1n) is 7.05. The smallest absolute Gasteiger partial charge is 0.299 e. The number of nitrogens with zero attached hydrogens (tertiary/aromatic N) is 2. The molecule has 0 aromatic heterocycles. The van der Waals surface area contributed by atoms with Crippen LogP contribution in [0.5, 0.6) is 0 Å². The summed E-state index contributed by atoms with van der Waals surface area (Å²) >= 11 is 0. The van der Waals surface area contributed by atoms with Crippen LogP contribution < -0.4 is 4.90 Å². The Morgan fingerprint density at radius 3 is 2.60 bits per heavy atom. The van der Waals surface area contributed by atoms with Gasteiger partial charge >= 0.3 is 0 Å². The summed E-state index contributed by atoms with van der Waals surface area (Å²) in [6, 6.07) is 3.96. The second kappa shape index (κ2) is 5.32. The number of carbonyl (C=O) groups excluding carboxylic acids is 2. The molecule has 1 fully saturated rings. The van der Waals surface area contributed by atoms with Gasteiger partial charge in [-0.1, -0.05) is 0 Å². The summed E-state index contributed by atoms with van der Waals surface area (Å²) in [7, 11) is 0. The number of halogens is 1. The van der Waals surface area contributed by atoms with E-state index in [1.807, 2.05) is 0 Å². The van der Waals surface area contributed by atoms with E-state index in [0.29, 0.717) is 12.2 Å². The fourth-order valence-electron chi connectivity index (χ4n) is 2.95. The molecule has 0 radical (unpaired) electrons. The quantitative estimate of drug-likeness (QED) is 0.788. The van der Waals surface area contributed by atoms with Crippen LogP contribution in [0.2, 0.25) is 0 Å². The maximum atomic E-state index is 13.2. The van der Waals surface area contributed by atoms with Gasteiger partial charge in [0.2, 0.25) is 0 Å². The number of carbonyl (C=O) groups is 2. The Morgan fingerprint density at radius 2 is 1.85 bits per heavy atom. The minimum Gasteiger partial charge on any atom is -0.305 e. The van der Waals surface area contributed by atoms with Gasteiger partial charge in [-0.25, -0.2) is 4.39 Å². The molecule has 3 rings (SSSR count). The van der Waals surface area contributed by atoms with Crippen molar-refractivity contribution in [1.82, 2.24) is 4.90 Å². The van der Waals surface area contributed by atoms with Gasteiger partial charge < -0.3 is 9.80 Å². The van der Waals surface area contributed by atoms with Crippen LogP contribution in [-0.2, 0) is 4.79 Å². The first-order chi connectivity index (χ1) is 9.66. The van der Waals surface area contributed by atoms with E-state index in [0.717, 1.165) is 32.1 Å². The Labute approximate surface area is 117 Å². The largest absolute Gasteiger partial charge is 0.305 e. The van der Waals surface area contributed by atoms with Gasteiger partial charge in [-0.15, -0.1) is 0 Å². The Hall–Kier alpha value is -1.75. The zero-order valence-corrected chi connectivity index (χ0v) is 11.3. The Balaban J connectivity index is 1.67. The monoisotopic (exact) mass is 276 g/mol. The standard InChI is InChI=1S/C15H17FN2O2/c16-11-4-5-13-12(10-11)14(19)15(20)18(13)9-3-8-17-6-1-2-7-17/h4-5,10H,1-3,6-9H2. The molecular formula is C15H17FN2O2. The van der Waals surface area contributed by atoms with E-state index in [-0.39, 0.29) is 5.56 Å². The van der Waals surface area contributed by atoms with Crippen LogP contribution in [0.1, 0.15) is 29.6 Å². The highest BCUT2D eigenvalue weighted by atomic mass is 19.1. The van der Waals surface area contributed by atoms with Crippen molar-refractivity contribution in [2.45, 2.75) is 19.3 Å². The average Bonchev–Trinajstić information content (AvgIpc) is 3.02. The van der Waals surface area contributed by atoms with Crippen LogP contribution in [0.15, 0.2) is 18.2 Å². The Bertz CT molecular complexity index is 553. The topological polar surface area (TPSA) is 40.6 Å². The molecule has 2 aliphatic heterocycles. The van der Waals surface area contributed by atoms with Crippen LogP contribution in [0, 0.1) is 5.82 Å². The van der Waals surface area contributed by atoms with E-state index in [1.165, 1.54) is 29.9 Å². The average molecular weight is 276 g/mol. The molecule has 0 atom stereocenters. The molecule has 2 aliphatic rings. The van der Waals surface area contributed by atoms with Crippen molar-refractivity contribution >= 4 is 17.4 Å². The summed E-state index contributed by atoms with van der Waals surface area (Å²) in [4.78, 5) is 27.6. The Kier molecular flexibility index (Phi) is 3.53. The van der Waals surface area contributed by atoms with Crippen LogP contribution in [0.25, 0.3) is 0 Å². The zero-order valence-electron chi connectivity index (χ0n) is 11.3. The lowest BCUT2D eigenvalue weighted by Crippen LogP contribution is -2.33. The second-order valence-electron chi connectivity index (χ2n) is 5.35. The summed E-state index contributed by atoms with van der Waals surface area (Å²) in [6.45, 7) is 3.69. The van der Waals surface area contributed by atoms with Crippen molar-refractivity contribution in [3.63, 3.8) is 0 Å². The summed E-state index contributed by atoms with van der Waals surface area (Å²) in [5.41, 5.74) is 0.735. The predicted octanol–water partition coefficient (Wildman–Crippen LogP) is 1.84. The molecule has 1 saturated heterocycles. The molecule has 0 unspecified atom stereocenters. The number of fused-ring (bicyclic) bond motifs is 1. The van der Waals surface area contributed by atoms with Gasteiger partial charge in [0, 0.05) is 6.54 Å². The second-order valence-corrected chi connectivity index (χ2v) is 5.35. The third kappa shape index (κ3) is 2.33. The number of Topliss-reactive ketones (excluding diaryl/α,β-unsaturated/α-hetero) is 1. The molecule has 5 heteroatoms. The number of hydrogen-bond acceptors (Lipinski definition) is 3.